The molecule has 0 aliphatic carbocycles. The number of nitrogens with one attached hydrogen (secondary N) is 1. The highest BCUT2D eigenvalue weighted by molar-refractivity contribution is 5.87. The van der Waals surface area contributed by atoms with Gasteiger partial charge in [0.2, 0.25) is 6.73 Å². The summed E-state index contributed by atoms with van der Waals surface area (Å²) >= 11 is 0. The molecule has 0 radical (unpaired) electrons. The van der Waals surface area contributed by atoms with E-state index in [9.17, 15) is 4.79 Å². The third-order valence-electron chi connectivity index (χ3n) is 5.64. The molecule has 28 heavy (non-hydrogen) atoms. The Hall–Kier alpha value is -2.79. The Bertz CT molecular complexity index is 1100. The van der Waals surface area contributed by atoms with E-state index >= 15 is 0 Å². The molecular formula is C23H26NO4+. The zero-order valence-electron chi connectivity index (χ0n) is 16.8. The maximum absolute atomic E-state index is 12.3. The number of quaternary nitrogens is 1. The number of aryl methyl sites for hydroxylation is 2. The van der Waals surface area contributed by atoms with Crippen molar-refractivity contribution in [3.05, 3.63) is 68.6 Å². The zero-order valence-corrected chi connectivity index (χ0v) is 16.8. The van der Waals surface area contributed by atoms with Crippen molar-refractivity contribution in [3.8, 4) is 11.5 Å². The van der Waals surface area contributed by atoms with Gasteiger partial charge in [-0.05, 0) is 44.0 Å². The first-order valence-electron chi connectivity index (χ1n) is 9.69. The minimum absolute atomic E-state index is 0.239. The van der Waals surface area contributed by atoms with Crippen LogP contribution >= 0.6 is 0 Å². The van der Waals surface area contributed by atoms with E-state index in [4.69, 9.17) is 13.9 Å². The van der Waals surface area contributed by atoms with Crippen molar-refractivity contribution >= 4 is 11.0 Å². The van der Waals surface area contributed by atoms with Crippen LogP contribution in [-0.2, 0) is 19.5 Å². The van der Waals surface area contributed by atoms with Crippen LogP contribution in [0.3, 0.4) is 0 Å². The average molecular weight is 380 g/mol. The van der Waals surface area contributed by atoms with Crippen molar-refractivity contribution in [1.82, 2.24) is 0 Å². The summed E-state index contributed by atoms with van der Waals surface area (Å²) < 4.78 is 17.1. The number of rotatable bonds is 4. The van der Waals surface area contributed by atoms with Crippen molar-refractivity contribution in [3.63, 3.8) is 0 Å². The van der Waals surface area contributed by atoms with E-state index in [2.05, 4.69) is 18.2 Å². The van der Waals surface area contributed by atoms with Crippen LogP contribution < -0.4 is 20.0 Å². The Kier molecular flexibility index (Phi) is 4.85. The fourth-order valence-electron chi connectivity index (χ4n) is 4.15. The molecule has 0 bridgehead atoms. The van der Waals surface area contributed by atoms with Gasteiger partial charge in [-0.2, -0.15) is 0 Å². The highest BCUT2D eigenvalue weighted by atomic mass is 16.5. The topological polar surface area (TPSA) is 53.1 Å². The monoisotopic (exact) mass is 380 g/mol. The van der Waals surface area contributed by atoms with Crippen molar-refractivity contribution in [2.75, 3.05) is 13.8 Å². The maximum Gasteiger partial charge on any atom is 0.339 e. The van der Waals surface area contributed by atoms with E-state index in [0.29, 0.717) is 18.7 Å². The summed E-state index contributed by atoms with van der Waals surface area (Å²) in [5.41, 5.74) is 5.47. The quantitative estimate of drug-likeness (QED) is 0.707. The molecule has 4 rings (SSSR count). The maximum atomic E-state index is 12.3. The van der Waals surface area contributed by atoms with Crippen molar-refractivity contribution in [1.29, 1.82) is 0 Å². The van der Waals surface area contributed by atoms with Crippen LogP contribution in [0.2, 0.25) is 0 Å². The molecule has 0 fully saturated rings. The minimum atomic E-state index is -0.239. The van der Waals surface area contributed by atoms with Gasteiger partial charge in [0.15, 0.2) is 0 Å². The van der Waals surface area contributed by atoms with Crippen molar-refractivity contribution in [2.24, 2.45) is 0 Å². The second-order valence-electron chi connectivity index (χ2n) is 7.46. The number of fused-ring (bicyclic) bond motifs is 2. The third kappa shape index (κ3) is 3.16. The lowest BCUT2D eigenvalue weighted by molar-refractivity contribution is -0.945. The molecule has 1 N–H and O–H groups in total. The van der Waals surface area contributed by atoms with Crippen LogP contribution in [0.1, 0.15) is 34.7 Å². The molecule has 1 atom stereocenters. The molecule has 5 nitrogen and oxygen atoms in total. The number of hydrogen-bond acceptors (Lipinski definition) is 4. The average Bonchev–Trinajstić information content (AvgIpc) is 2.69. The Morgan fingerprint density at radius 3 is 2.75 bits per heavy atom. The molecule has 5 heteroatoms. The first kappa shape index (κ1) is 18.6. The number of ether oxygens (including phenoxy) is 2. The molecule has 0 spiro atoms. The molecule has 2 heterocycles. The van der Waals surface area contributed by atoms with Gasteiger partial charge >= 0.3 is 5.63 Å². The number of methoxy groups -OCH3 is 1. The standard InChI is InChI=1S/C23H25NO4/c1-5-19-14(2)20-10-17-12-24(11-16-7-6-8-18(9-16)26-4)13-27-21(17)15(3)22(20)28-23(19)25/h6-10H,5,11-13H2,1-4H3/p+1. The molecule has 2 aromatic carbocycles. The fraction of sp³-hybridized carbons (Fsp3) is 0.348. The second kappa shape index (κ2) is 7.32. The van der Waals surface area contributed by atoms with Gasteiger partial charge in [-0.3, -0.25) is 4.90 Å². The van der Waals surface area contributed by atoms with E-state index in [1.54, 1.807) is 7.11 Å². The Morgan fingerprint density at radius 1 is 1.18 bits per heavy atom. The Labute approximate surface area is 164 Å². The normalized spacial score (nSPS) is 15.9. The summed E-state index contributed by atoms with van der Waals surface area (Å²) in [7, 11) is 1.69. The smallest absolute Gasteiger partial charge is 0.339 e. The van der Waals surface area contributed by atoms with E-state index in [-0.39, 0.29) is 5.63 Å². The van der Waals surface area contributed by atoms with E-state index < -0.39 is 0 Å². The summed E-state index contributed by atoms with van der Waals surface area (Å²) in [6.07, 6.45) is 0.671. The molecule has 1 aromatic heterocycles. The Balaban J connectivity index is 1.70. The molecule has 146 valence electrons. The van der Waals surface area contributed by atoms with Gasteiger partial charge in [0, 0.05) is 27.6 Å². The lowest BCUT2D eigenvalue weighted by Gasteiger charge is -2.28. The van der Waals surface area contributed by atoms with E-state index in [1.807, 2.05) is 32.9 Å². The van der Waals surface area contributed by atoms with Crippen LogP contribution in [0.4, 0.5) is 0 Å². The molecule has 1 aliphatic heterocycles. The zero-order chi connectivity index (χ0) is 19.8. The van der Waals surface area contributed by atoms with Crippen molar-refractivity contribution in [2.45, 2.75) is 40.3 Å². The molecule has 1 aliphatic rings. The van der Waals surface area contributed by atoms with Crippen LogP contribution in [0.15, 0.2) is 39.5 Å². The predicted octanol–water partition coefficient (Wildman–Crippen LogP) is 2.92. The predicted molar refractivity (Wildman–Crippen MR) is 108 cm³/mol. The van der Waals surface area contributed by atoms with Gasteiger partial charge in [-0.1, -0.05) is 19.1 Å². The molecule has 0 saturated heterocycles. The summed E-state index contributed by atoms with van der Waals surface area (Å²) in [5.74, 6) is 1.73. The van der Waals surface area contributed by atoms with Crippen molar-refractivity contribution < 1.29 is 18.8 Å². The van der Waals surface area contributed by atoms with Gasteiger partial charge in [-0.15, -0.1) is 0 Å². The second-order valence-corrected chi connectivity index (χ2v) is 7.46. The van der Waals surface area contributed by atoms with Gasteiger partial charge in [0.05, 0.1) is 7.11 Å². The van der Waals surface area contributed by atoms with Crippen LogP contribution in [0, 0.1) is 13.8 Å². The largest absolute Gasteiger partial charge is 0.497 e. The highest BCUT2D eigenvalue weighted by Gasteiger charge is 2.26. The van der Waals surface area contributed by atoms with Gasteiger partial charge < -0.3 is 13.9 Å². The molecule has 0 amide bonds. The number of benzene rings is 2. The van der Waals surface area contributed by atoms with Gasteiger partial charge in [-0.25, -0.2) is 4.79 Å². The molecule has 3 aromatic rings. The lowest BCUT2D eigenvalue weighted by atomic mass is 9.98. The Morgan fingerprint density at radius 2 is 2.00 bits per heavy atom. The summed E-state index contributed by atoms with van der Waals surface area (Å²) in [6, 6.07) is 10.3. The molecular weight excluding hydrogens is 354 g/mol. The van der Waals surface area contributed by atoms with Crippen LogP contribution in [-0.4, -0.2) is 13.8 Å². The van der Waals surface area contributed by atoms with Gasteiger partial charge in [0.25, 0.3) is 0 Å². The summed E-state index contributed by atoms with van der Waals surface area (Å²) in [5, 5.41) is 1.01. The minimum Gasteiger partial charge on any atom is -0.497 e. The van der Waals surface area contributed by atoms with E-state index in [0.717, 1.165) is 52.2 Å². The van der Waals surface area contributed by atoms with E-state index in [1.165, 1.54) is 10.5 Å². The molecule has 1 unspecified atom stereocenters. The fourth-order valence-corrected chi connectivity index (χ4v) is 4.15. The van der Waals surface area contributed by atoms with Crippen LogP contribution in [0.5, 0.6) is 11.5 Å². The summed E-state index contributed by atoms with van der Waals surface area (Å²) in [6.45, 7) is 8.27. The molecule has 0 saturated carbocycles. The first-order chi connectivity index (χ1) is 13.5. The summed E-state index contributed by atoms with van der Waals surface area (Å²) in [4.78, 5) is 13.6. The SMILES string of the molecule is CCc1c(C)c2cc3c(c(C)c2oc1=O)OC[NH+](Cc1cccc(OC)c1)C3. The third-order valence-corrected chi connectivity index (χ3v) is 5.64. The lowest BCUT2D eigenvalue weighted by Crippen LogP contribution is -3.10. The van der Waals surface area contributed by atoms with Crippen LogP contribution in [0.25, 0.3) is 11.0 Å². The highest BCUT2D eigenvalue weighted by Crippen LogP contribution is 2.34. The first-order valence-corrected chi connectivity index (χ1v) is 9.69. The van der Waals surface area contributed by atoms with Gasteiger partial charge in [0.1, 0.15) is 30.2 Å². The number of hydrogen-bond donors (Lipinski definition) is 1.